The number of aliphatic imine (C=N–C) groups is 2. The molecule has 0 saturated heterocycles. The summed E-state index contributed by atoms with van der Waals surface area (Å²) in [6.45, 7) is 6.89. The molecule has 2 aliphatic rings. The van der Waals surface area contributed by atoms with Crippen molar-refractivity contribution in [2.45, 2.75) is 57.8 Å². The molecule has 2 aliphatic heterocycles. The molecule has 4 N–H and O–H groups in total. The molecule has 10 heteroatoms. The molecule has 2 unspecified atom stereocenters. The van der Waals surface area contributed by atoms with E-state index in [4.69, 9.17) is 25.9 Å². The van der Waals surface area contributed by atoms with E-state index in [2.05, 4.69) is 50.9 Å². The van der Waals surface area contributed by atoms with Crippen LogP contribution in [0.2, 0.25) is 0 Å². The molecule has 6 rings (SSSR count). The zero-order valence-corrected chi connectivity index (χ0v) is 26.1. The lowest BCUT2D eigenvalue weighted by Crippen LogP contribution is -2.11. The average Bonchev–Trinajstić information content (AvgIpc) is 3.62. The van der Waals surface area contributed by atoms with Crippen molar-refractivity contribution in [1.82, 2.24) is 19.9 Å². The summed E-state index contributed by atoms with van der Waals surface area (Å²) in [4.78, 5) is 26.9. The van der Waals surface area contributed by atoms with Crippen LogP contribution in [0.5, 0.6) is 11.5 Å². The van der Waals surface area contributed by atoms with Gasteiger partial charge >= 0.3 is 0 Å². The Labute approximate surface area is 265 Å². The van der Waals surface area contributed by atoms with Crippen LogP contribution in [0, 0.1) is 0 Å². The summed E-state index contributed by atoms with van der Waals surface area (Å²) < 4.78 is 11.3. The van der Waals surface area contributed by atoms with E-state index >= 15 is 0 Å². The number of aromatic nitrogens is 4. The molecule has 0 fully saturated rings. The van der Waals surface area contributed by atoms with Gasteiger partial charge in [0.2, 0.25) is 0 Å². The number of nitrogens with two attached hydrogens (primary N) is 2. The van der Waals surface area contributed by atoms with Crippen LogP contribution in [0.15, 0.2) is 83.3 Å². The molecule has 234 valence electrons. The summed E-state index contributed by atoms with van der Waals surface area (Å²) in [5.74, 6) is 3.60. The zero-order chi connectivity index (χ0) is 31.4. The summed E-state index contributed by atoms with van der Waals surface area (Å²) in [5.41, 5.74) is 17.1. The molecule has 0 saturated carbocycles. The van der Waals surface area contributed by atoms with Crippen molar-refractivity contribution in [1.29, 1.82) is 0 Å². The monoisotopic (exact) mass is 606 g/mol. The van der Waals surface area contributed by atoms with E-state index in [1.54, 1.807) is 24.8 Å². The van der Waals surface area contributed by atoms with Gasteiger partial charge in [-0.1, -0.05) is 26.7 Å². The minimum atomic E-state index is 0.165. The van der Waals surface area contributed by atoms with Crippen LogP contribution in [0.1, 0.15) is 80.3 Å². The van der Waals surface area contributed by atoms with Crippen molar-refractivity contribution in [3.8, 4) is 11.5 Å². The fourth-order valence-electron chi connectivity index (χ4n) is 5.32. The van der Waals surface area contributed by atoms with Crippen molar-refractivity contribution in [3.63, 3.8) is 0 Å². The van der Waals surface area contributed by atoms with E-state index in [1.807, 2.05) is 36.4 Å². The van der Waals surface area contributed by atoms with Gasteiger partial charge in [-0.2, -0.15) is 0 Å². The molecule has 0 aliphatic carbocycles. The Morgan fingerprint density at radius 1 is 0.622 bits per heavy atom. The van der Waals surface area contributed by atoms with Crippen molar-refractivity contribution in [3.05, 3.63) is 95.8 Å². The lowest BCUT2D eigenvalue weighted by atomic mass is 9.91. The highest BCUT2D eigenvalue weighted by Crippen LogP contribution is 2.38. The minimum Gasteiger partial charge on any atom is -0.494 e. The summed E-state index contributed by atoms with van der Waals surface area (Å²) >= 11 is 0. The number of benzene rings is 2. The second-order valence-electron chi connectivity index (χ2n) is 11.0. The predicted octanol–water partition coefficient (Wildman–Crippen LogP) is 6.05. The smallest absolute Gasteiger partial charge is 0.174 e. The number of hydrogen-bond donors (Lipinski definition) is 2. The van der Waals surface area contributed by atoms with Gasteiger partial charge in [-0.15, -0.1) is 0 Å². The average molecular weight is 607 g/mol. The van der Waals surface area contributed by atoms with E-state index in [0.29, 0.717) is 26.3 Å². The third-order valence-electron chi connectivity index (χ3n) is 7.73. The highest BCUT2D eigenvalue weighted by molar-refractivity contribution is 6.09. The van der Waals surface area contributed by atoms with Crippen LogP contribution in [0.3, 0.4) is 0 Å². The molecule has 2 aromatic heterocycles. The second-order valence-corrected chi connectivity index (χ2v) is 11.0. The summed E-state index contributed by atoms with van der Waals surface area (Å²) in [5, 5.41) is 0. The third-order valence-corrected chi connectivity index (χ3v) is 7.73. The standard InChI is InChI=1S/C19H24N4O.C16H18N4O/c1-2-3-5-16-17(23-19-18(16)21-11-12-22-19)14-6-8-15(9-7-14)24-13-4-10-20;1-11-14(20-16-15(11)18-8-9-19-16)12-3-5-13(6-4-12)21-10-2-7-17/h6-9,11-12,16H,2-5,10,13,20H2,1H3;3-6,8-9,11H,2,7,10,17H2,1H3. The van der Waals surface area contributed by atoms with Crippen LogP contribution >= 0.6 is 0 Å². The Kier molecular flexibility index (Phi) is 11.3. The van der Waals surface area contributed by atoms with Crippen molar-refractivity contribution in [2.75, 3.05) is 26.3 Å². The normalized spacial score (nSPS) is 16.2. The van der Waals surface area contributed by atoms with E-state index in [9.17, 15) is 0 Å². The first-order chi connectivity index (χ1) is 22.1. The number of ether oxygens (including phenoxy) is 2. The molecule has 10 nitrogen and oxygen atoms in total. The molecule has 0 radical (unpaired) electrons. The van der Waals surface area contributed by atoms with Gasteiger partial charge in [0.15, 0.2) is 11.6 Å². The zero-order valence-electron chi connectivity index (χ0n) is 26.1. The van der Waals surface area contributed by atoms with Crippen LogP contribution < -0.4 is 20.9 Å². The van der Waals surface area contributed by atoms with Crippen molar-refractivity contribution in [2.24, 2.45) is 21.5 Å². The molecule has 4 heterocycles. The van der Waals surface area contributed by atoms with Gasteiger partial charge in [0.05, 0.1) is 36.0 Å². The van der Waals surface area contributed by atoms with Gasteiger partial charge in [-0.25, -0.2) is 20.0 Å². The molecule has 0 bridgehead atoms. The van der Waals surface area contributed by atoms with E-state index in [0.717, 1.165) is 89.2 Å². The molecule has 0 spiro atoms. The Morgan fingerprint density at radius 3 is 1.64 bits per heavy atom. The highest BCUT2D eigenvalue weighted by Gasteiger charge is 2.30. The first-order valence-electron chi connectivity index (χ1n) is 15.8. The molecule has 4 aromatic rings. The Balaban J connectivity index is 0.000000179. The number of rotatable bonds is 13. The lowest BCUT2D eigenvalue weighted by Gasteiger charge is -2.14. The number of hydrogen-bond acceptors (Lipinski definition) is 10. The molecule has 0 amide bonds. The maximum atomic E-state index is 5.67. The van der Waals surface area contributed by atoms with Gasteiger partial charge in [-0.05, 0) is 92.0 Å². The van der Waals surface area contributed by atoms with E-state index < -0.39 is 0 Å². The molecule has 2 atom stereocenters. The molecular formula is C35H42N8O2. The first-order valence-corrected chi connectivity index (χ1v) is 15.8. The number of fused-ring (bicyclic) bond motifs is 2. The topological polar surface area (TPSA) is 147 Å². The molecule has 2 aromatic carbocycles. The highest BCUT2D eigenvalue weighted by atomic mass is 16.5. The van der Waals surface area contributed by atoms with Gasteiger partial charge in [0.1, 0.15) is 11.5 Å². The van der Waals surface area contributed by atoms with Crippen LogP contribution in [0.25, 0.3) is 0 Å². The predicted molar refractivity (Wildman–Crippen MR) is 178 cm³/mol. The maximum absolute atomic E-state index is 5.67. The van der Waals surface area contributed by atoms with Crippen molar-refractivity contribution < 1.29 is 9.47 Å². The molecule has 45 heavy (non-hydrogen) atoms. The van der Waals surface area contributed by atoms with E-state index in [1.165, 1.54) is 0 Å². The second kappa shape index (κ2) is 16.0. The van der Waals surface area contributed by atoms with Crippen LogP contribution in [0.4, 0.5) is 11.6 Å². The van der Waals surface area contributed by atoms with Gasteiger partial charge in [0, 0.05) is 36.6 Å². The SMILES string of the molecule is CC1C(c2ccc(OCCCN)cc2)=Nc2nccnc21.CCCCC1C(c2ccc(OCCCN)cc2)=Nc2nccnc21. The van der Waals surface area contributed by atoms with Gasteiger partial charge < -0.3 is 20.9 Å². The lowest BCUT2D eigenvalue weighted by molar-refractivity contribution is 0.313. The summed E-state index contributed by atoms with van der Waals surface area (Å²) in [6, 6.07) is 16.1. The summed E-state index contributed by atoms with van der Waals surface area (Å²) in [7, 11) is 0. The minimum absolute atomic E-state index is 0.165. The number of nitrogens with zero attached hydrogens (tertiary/aromatic N) is 6. The Morgan fingerprint density at radius 2 is 1.11 bits per heavy atom. The van der Waals surface area contributed by atoms with Crippen LogP contribution in [-0.2, 0) is 0 Å². The largest absolute Gasteiger partial charge is 0.494 e. The maximum Gasteiger partial charge on any atom is 0.174 e. The first kappa shape index (κ1) is 31.9. The van der Waals surface area contributed by atoms with Crippen molar-refractivity contribution >= 4 is 23.1 Å². The van der Waals surface area contributed by atoms with Crippen LogP contribution in [-0.4, -0.2) is 57.7 Å². The van der Waals surface area contributed by atoms with Gasteiger partial charge in [0.25, 0.3) is 0 Å². The fourth-order valence-corrected chi connectivity index (χ4v) is 5.32. The number of unbranched alkanes of at least 4 members (excludes halogenated alkanes) is 1. The Hall–Kier alpha value is -4.54. The summed E-state index contributed by atoms with van der Waals surface area (Å²) in [6.07, 6.45) is 11.9. The quantitative estimate of drug-likeness (QED) is 0.175. The molecular weight excluding hydrogens is 564 g/mol. The van der Waals surface area contributed by atoms with Gasteiger partial charge in [-0.3, -0.25) is 9.97 Å². The Bertz CT molecular complexity index is 1590. The van der Waals surface area contributed by atoms with E-state index in [-0.39, 0.29) is 11.8 Å². The fraction of sp³-hybridized carbons (Fsp3) is 0.371. The third kappa shape index (κ3) is 7.95.